The molecule has 0 aromatic carbocycles. The molecular formula is C18H26Br3ClN6. The van der Waals surface area contributed by atoms with Gasteiger partial charge in [0.15, 0.2) is 19.0 Å². The zero-order valence-electron chi connectivity index (χ0n) is 15.8. The molecule has 2 aromatic heterocycles. The maximum Gasteiger partial charge on any atom is 0.185 e. The molecule has 2 saturated carbocycles. The van der Waals surface area contributed by atoms with E-state index >= 15 is 0 Å². The lowest BCUT2D eigenvalue weighted by Gasteiger charge is -2.20. The van der Waals surface area contributed by atoms with E-state index in [1.54, 1.807) is 9.59 Å². The molecular weight excluding hydrogens is 575 g/mol. The van der Waals surface area contributed by atoms with Crippen molar-refractivity contribution in [1.29, 1.82) is 0 Å². The number of hydrogen-bond acceptors (Lipinski definition) is 4. The molecule has 0 unspecified atom stereocenters. The standard InChI is InChI=1S/C9H13Br2N3.C9H13BrClN3/c2*10-8-9(11)13-14(12-8)6-7-4-2-1-3-5-7/h2*7H,1-6H2. The fourth-order valence-electron chi connectivity index (χ4n) is 3.98. The van der Waals surface area contributed by atoms with E-state index in [-0.39, 0.29) is 0 Å². The zero-order chi connectivity index (χ0) is 19.9. The molecule has 10 heteroatoms. The molecule has 0 saturated heterocycles. The van der Waals surface area contributed by atoms with E-state index in [2.05, 4.69) is 68.2 Å². The van der Waals surface area contributed by atoms with Gasteiger partial charge in [0, 0.05) is 0 Å². The topological polar surface area (TPSA) is 61.4 Å². The van der Waals surface area contributed by atoms with Crippen LogP contribution in [0.4, 0.5) is 0 Å². The first-order valence-corrected chi connectivity index (χ1v) is 12.8. The second-order valence-electron chi connectivity index (χ2n) is 7.68. The van der Waals surface area contributed by atoms with Crippen molar-refractivity contribution in [3.05, 3.63) is 19.0 Å². The first-order valence-electron chi connectivity index (χ1n) is 10.0. The normalized spacial score (nSPS) is 18.7. The average molecular weight is 602 g/mol. The fourth-order valence-corrected chi connectivity index (χ4v) is 4.89. The Morgan fingerprint density at radius 2 is 1.04 bits per heavy atom. The maximum atomic E-state index is 5.81. The molecule has 2 aliphatic rings. The molecule has 2 aromatic rings. The number of aromatic nitrogens is 6. The molecule has 0 bridgehead atoms. The van der Waals surface area contributed by atoms with E-state index in [1.165, 1.54) is 64.2 Å². The minimum absolute atomic E-state index is 0.459. The van der Waals surface area contributed by atoms with Crippen LogP contribution >= 0.6 is 59.4 Å². The van der Waals surface area contributed by atoms with Gasteiger partial charge in [-0.3, -0.25) is 0 Å². The van der Waals surface area contributed by atoms with Crippen LogP contribution in [0.15, 0.2) is 13.8 Å². The quantitative estimate of drug-likeness (QED) is 0.394. The highest BCUT2D eigenvalue weighted by molar-refractivity contribution is 9.13. The predicted octanol–water partition coefficient (Wildman–Crippen LogP) is 6.66. The summed E-state index contributed by atoms with van der Waals surface area (Å²) in [4.78, 5) is 3.51. The third kappa shape index (κ3) is 7.06. The third-order valence-corrected chi connectivity index (χ3v) is 8.06. The van der Waals surface area contributed by atoms with Gasteiger partial charge in [0.25, 0.3) is 0 Å². The molecule has 0 aliphatic heterocycles. The highest BCUT2D eigenvalue weighted by Crippen LogP contribution is 2.26. The van der Waals surface area contributed by atoms with Gasteiger partial charge in [-0.1, -0.05) is 50.1 Å². The Kier molecular flexibility index (Phi) is 9.25. The Morgan fingerprint density at radius 3 is 1.43 bits per heavy atom. The minimum Gasteiger partial charge on any atom is -0.182 e. The van der Waals surface area contributed by atoms with Gasteiger partial charge in [-0.05, 0) is 85.3 Å². The molecule has 0 radical (unpaired) electrons. The Labute approximate surface area is 196 Å². The average Bonchev–Trinajstić information content (AvgIpc) is 3.17. The number of nitrogens with zero attached hydrogens (tertiary/aromatic N) is 6. The summed E-state index contributed by atoms with van der Waals surface area (Å²) in [5.74, 6) is 1.51. The Morgan fingerprint density at radius 1 is 0.643 bits per heavy atom. The van der Waals surface area contributed by atoms with Gasteiger partial charge in [-0.15, -0.1) is 20.4 Å². The van der Waals surface area contributed by atoms with Gasteiger partial charge in [-0.2, -0.15) is 9.59 Å². The van der Waals surface area contributed by atoms with E-state index in [0.29, 0.717) is 9.76 Å². The van der Waals surface area contributed by atoms with Crippen molar-refractivity contribution < 1.29 is 0 Å². The zero-order valence-corrected chi connectivity index (χ0v) is 21.3. The summed E-state index contributed by atoms with van der Waals surface area (Å²) >= 11 is 15.7. The van der Waals surface area contributed by atoms with Gasteiger partial charge >= 0.3 is 0 Å². The molecule has 2 fully saturated rings. The van der Waals surface area contributed by atoms with Crippen LogP contribution in [0.1, 0.15) is 64.2 Å². The summed E-state index contributed by atoms with van der Waals surface area (Å²) in [6, 6.07) is 0. The number of hydrogen-bond donors (Lipinski definition) is 0. The maximum absolute atomic E-state index is 5.81. The lowest BCUT2D eigenvalue weighted by Crippen LogP contribution is -2.15. The molecule has 28 heavy (non-hydrogen) atoms. The highest BCUT2D eigenvalue weighted by atomic mass is 79.9. The first kappa shape index (κ1) is 22.7. The monoisotopic (exact) mass is 598 g/mol. The molecule has 0 N–H and O–H groups in total. The SMILES string of the molecule is Brc1nn(CC2CCCCC2)nc1Br.Clc1nn(CC2CCCCC2)nc1Br. The summed E-state index contributed by atoms with van der Waals surface area (Å²) in [6.45, 7) is 1.87. The fraction of sp³-hybridized carbons (Fsp3) is 0.778. The summed E-state index contributed by atoms with van der Waals surface area (Å²) in [5.41, 5.74) is 0. The lowest BCUT2D eigenvalue weighted by atomic mass is 9.89. The van der Waals surface area contributed by atoms with E-state index in [1.807, 2.05) is 0 Å². The summed E-state index contributed by atoms with van der Waals surface area (Å²) in [5, 5.41) is 17.3. The van der Waals surface area contributed by atoms with Gasteiger partial charge in [0.1, 0.15) is 0 Å². The first-order chi connectivity index (χ1) is 13.5. The van der Waals surface area contributed by atoms with Crippen LogP contribution in [-0.2, 0) is 13.1 Å². The molecule has 156 valence electrons. The predicted molar refractivity (Wildman–Crippen MR) is 121 cm³/mol. The minimum atomic E-state index is 0.459. The summed E-state index contributed by atoms with van der Waals surface area (Å²) in [6.07, 6.45) is 13.5. The summed E-state index contributed by atoms with van der Waals surface area (Å²) in [7, 11) is 0. The Bertz CT molecular complexity index is 637. The third-order valence-electron chi connectivity index (χ3n) is 5.45. The highest BCUT2D eigenvalue weighted by Gasteiger charge is 2.17. The molecule has 4 rings (SSSR count). The molecule has 0 spiro atoms. The van der Waals surface area contributed by atoms with Crippen molar-refractivity contribution >= 4 is 59.4 Å². The van der Waals surface area contributed by atoms with Gasteiger partial charge in [0.2, 0.25) is 0 Å². The van der Waals surface area contributed by atoms with Crippen LogP contribution in [0.2, 0.25) is 5.15 Å². The van der Waals surface area contributed by atoms with Crippen molar-refractivity contribution in [2.75, 3.05) is 0 Å². The van der Waals surface area contributed by atoms with Crippen molar-refractivity contribution in [1.82, 2.24) is 30.0 Å². The lowest BCUT2D eigenvalue weighted by molar-refractivity contribution is 0.293. The molecule has 2 heterocycles. The second kappa shape index (κ2) is 11.4. The van der Waals surface area contributed by atoms with Crippen molar-refractivity contribution in [2.45, 2.75) is 77.3 Å². The number of halogens is 4. The molecule has 0 amide bonds. The van der Waals surface area contributed by atoms with Gasteiger partial charge < -0.3 is 0 Å². The van der Waals surface area contributed by atoms with Crippen LogP contribution in [-0.4, -0.2) is 30.0 Å². The number of rotatable bonds is 4. The molecule has 2 aliphatic carbocycles. The van der Waals surface area contributed by atoms with Crippen LogP contribution in [0.3, 0.4) is 0 Å². The smallest absolute Gasteiger partial charge is 0.182 e. The van der Waals surface area contributed by atoms with E-state index in [0.717, 1.165) is 34.1 Å². The van der Waals surface area contributed by atoms with E-state index in [4.69, 9.17) is 11.6 Å². The van der Waals surface area contributed by atoms with Gasteiger partial charge in [0.05, 0.1) is 13.1 Å². The van der Waals surface area contributed by atoms with Crippen LogP contribution in [0.5, 0.6) is 0 Å². The Balaban J connectivity index is 0.000000161. The van der Waals surface area contributed by atoms with E-state index in [9.17, 15) is 0 Å². The Hall–Kier alpha value is 0.01000. The molecule has 6 nitrogen and oxygen atoms in total. The van der Waals surface area contributed by atoms with Crippen LogP contribution < -0.4 is 0 Å². The van der Waals surface area contributed by atoms with E-state index < -0.39 is 0 Å². The second-order valence-corrected chi connectivity index (χ2v) is 10.3. The summed E-state index contributed by atoms with van der Waals surface area (Å²) < 4.78 is 2.25. The van der Waals surface area contributed by atoms with Crippen molar-refractivity contribution in [2.24, 2.45) is 11.8 Å². The van der Waals surface area contributed by atoms with Gasteiger partial charge in [-0.25, -0.2) is 0 Å². The van der Waals surface area contributed by atoms with Crippen molar-refractivity contribution in [3.8, 4) is 0 Å². The van der Waals surface area contributed by atoms with Crippen LogP contribution in [0.25, 0.3) is 0 Å². The van der Waals surface area contributed by atoms with Crippen LogP contribution in [0, 0.1) is 11.8 Å². The largest absolute Gasteiger partial charge is 0.185 e. The van der Waals surface area contributed by atoms with Crippen molar-refractivity contribution in [3.63, 3.8) is 0 Å². The molecule has 0 atom stereocenters.